The molecule has 5 nitrogen and oxygen atoms in total. The number of fused-ring (bicyclic) bond motifs is 1. The molecule has 2 amide bonds. The maximum absolute atomic E-state index is 13.4. The van der Waals surface area contributed by atoms with Gasteiger partial charge in [0.1, 0.15) is 11.4 Å². The zero-order valence-electron chi connectivity index (χ0n) is 17.5. The molecule has 3 aromatic rings. The predicted molar refractivity (Wildman–Crippen MR) is 125 cm³/mol. The molecule has 1 spiro atoms. The monoisotopic (exact) mass is 446 g/mol. The number of hydrogen-bond donors (Lipinski definition) is 0. The Morgan fingerprint density at radius 2 is 1.53 bits per heavy atom. The number of para-hydroxylation sites is 2. The molecule has 0 radical (unpaired) electrons. The number of anilines is 1. The number of nitrogens with zero attached hydrogens (tertiary/aromatic N) is 2. The Kier molecular flexibility index (Phi) is 5.35. The summed E-state index contributed by atoms with van der Waals surface area (Å²) in [7, 11) is 0. The van der Waals surface area contributed by atoms with Crippen molar-refractivity contribution in [3.05, 3.63) is 95.0 Å². The molecule has 1 fully saturated rings. The van der Waals surface area contributed by atoms with E-state index >= 15 is 0 Å². The number of carbonyl (C=O) groups excluding carboxylic acids is 2. The quantitative estimate of drug-likeness (QED) is 0.553. The molecule has 0 bridgehead atoms. The highest BCUT2D eigenvalue weighted by molar-refractivity contribution is 6.30. The van der Waals surface area contributed by atoms with E-state index in [4.69, 9.17) is 16.3 Å². The van der Waals surface area contributed by atoms with Gasteiger partial charge in [0, 0.05) is 42.2 Å². The molecule has 1 saturated heterocycles. The minimum Gasteiger partial charge on any atom is -0.484 e. The molecule has 0 unspecified atom stereocenters. The van der Waals surface area contributed by atoms with E-state index in [1.54, 1.807) is 24.3 Å². The summed E-state index contributed by atoms with van der Waals surface area (Å²) in [6.45, 7) is 1.55. The number of hydrogen-bond acceptors (Lipinski definition) is 3. The van der Waals surface area contributed by atoms with E-state index in [-0.39, 0.29) is 11.8 Å². The van der Waals surface area contributed by atoms with Crippen LogP contribution in [0.5, 0.6) is 5.75 Å². The first kappa shape index (κ1) is 20.6. The Hall–Kier alpha value is -3.31. The molecule has 3 aromatic carbocycles. The molecule has 6 heteroatoms. The van der Waals surface area contributed by atoms with E-state index < -0.39 is 5.60 Å². The van der Waals surface area contributed by atoms with Crippen molar-refractivity contribution in [3.63, 3.8) is 0 Å². The smallest absolute Gasteiger partial charge is 0.262 e. The summed E-state index contributed by atoms with van der Waals surface area (Å²) >= 11 is 5.96. The summed E-state index contributed by atoms with van der Waals surface area (Å²) < 4.78 is 6.54. The minimum atomic E-state index is -0.561. The van der Waals surface area contributed by atoms with Gasteiger partial charge in [0.25, 0.3) is 11.8 Å². The molecular weight excluding hydrogens is 424 g/mol. The second-order valence-electron chi connectivity index (χ2n) is 8.31. The van der Waals surface area contributed by atoms with Gasteiger partial charge in [-0.25, -0.2) is 0 Å². The summed E-state index contributed by atoms with van der Waals surface area (Å²) in [5.41, 5.74) is 1.47. The van der Waals surface area contributed by atoms with Gasteiger partial charge in [0.2, 0.25) is 0 Å². The molecule has 5 rings (SSSR count). The van der Waals surface area contributed by atoms with Crippen LogP contribution in [-0.2, 0) is 0 Å². The topological polar surface area (TPSA) is 49.9 Å². The molecule has 0 aliphatic carbocycles. The summed E-state index contributed by atoms with van der Waals surface area (Å²) in [5, 5.41) is 0.607. The van der Waals surface area contributed by atoms with Gasteiger partial charge in [0.15, 0.2) is 0 Å². The van der Waals surface area contributed by atoms with E-state index in [1.807, 2.05) is 64.4 Å². The number of rotatable bonds is 2. The zero-order chi connectivity index (χ0) is 22.1. The second-order valence-corrected chi connectivity index (χ2v) is 8.74. The van der Waals surface area contributed by atoms with Crippen LogP contribution in [0.15, 0.2) is 78.9 Å². The van der Waals surface area contributed by atoms with Gasteiger partial charge in [-0.3, -0.25) is 9.59 Å². The van der Waals surface area contributed by atoms with Crippen molar-refractivity contribution in [2.24, 2.45) is 0 Å². The third-order valence-corrected chi connectivity index (χ3v) is 6.51. The molecule has 0 aromatic heterocycles. The SMILES string of the molecule is O=C(c1ccc(Cl)cc1)N1CCC2(CC1)CN(c1ccccc1)C(=O)c1ccccc1O2. The lowest BCUT2D eigenvalue weighted by atomic mass is 9.89. The number of carbonyl (C=O) groups is 2. The number of ether oxygens (including phenoxy) is 1. The van der Waals surface area contributed by atoms with E-state index in [0.29, 0.717) is 54.4 Å². The Morgan fingerprint density at radius 3 is 2.25 bits per heavy atom. The Bertz CT molecular complexity index is 1140. The van der Waals surface area contributed by atoms with Gasteiger partial charge < -0.3 is 14.5 Å². The maximum atomic E-state index is 13.4. The fourth-order valence-electron chi connectivity index (χ4n) is 4.47. The third-order valence-electron chi connectivity index (χ3n) is 6.26. The number of amides is 2. The Morgan fingerprint density at radius 1 is 0.875 bits per heavy atom. The molecule has 32 heavy (non-hydrogen) atoms. The van der Waals surface area contributed by atoms with Gasteiger partial charge in [-0.1, -0.05) is 41.9 Å². The standard InChI is InChI=1S/C26H23ClN2O3/c27-20-12-10-19(11-13-20)24(30)28-16-14-26(15-17-28)18-29(21-6-2-1-3-7-21)25(31)22-8-4-5-9-23(22)32-26/h1-13H,14-18H2. The van der Waals surface area contributed by atoms with Crippen molar-refractivity contribution in [1.29, 1.82) is 0 Å². The Labute approximate surface area is 192 Å². The lowest BCUT2D eigenvalue weighted by Crippen LogP contribution is -2.55. The molecule has 0 saturated carbocycles. The summed E-state index contributed by atoms with van der Waals surface area (Å²) in [6, 6.07) is 24.1. The van der Waals surface area contributed by atoms with Gasteiger partial charge in [-0.2, -0.15) is 0 Å². The third kappa shape index (κ3) is 3.84. The lowest BCUT2D eigenvalue weighted by Gasteiger charge is -2.42. The molecule has 2 aliphatic rings. The van der Waals surface area contributed by atoms with Crippen LogP contribution in [0.2, 0.25) is 5.02 Å². The maximum Gasteiger partial charge on any atom is 0.262 e. The van der Waals surface area contributed by atoms with Crippen LogP contribution < -0.4 is 9.64 Å². The fraction of sp³-hybridized carbons (Fsp3) is 0.231. The first-order valence-corrected chi connectivity index (χ1v) is 11.1. The highest BCUT2D eigenvalue weighted by Gasteiger charge is 2.44. The van der Waals surface area contributed by atoms with Crippen LogP contribution in [0.3, 0.4) is 0 Å². The van der Waals surface area contributed by atoms with Crippen molar-refractivity contribution in [1.82, 2.24) is 4.90 Å². The number of benzene rings is 3. The molecular formula is C26H23ClN2O3. The van der Waals surface area contributed by atoms with Crippen molar-refractivity contribution in [3.8, 4) is 5.75 Å². The second kappa shape index (κ2) is 8.32. The van der Waals surface area contributed by atoms with E-state index in [0.717, 1.165) is 5.69 Å². The van der Waals surface area contributed by atoms with E-state index in [2.05, 4.69) is 0 Å². The first-order valence-electron chi connectivity index (χ1n) is 10.7. The molecule has 0 N–H and O–H groups in total. The van der Waals surface area contributed by atoms with Crippen LogP contribution in [0, 0.1) is 0 Å². The van der Waals surface area contributed by atoms with Crippen LogP contribution in [0.25, 0.3) is 0 Å². The first-order chi connectivity index (χ1) is 15.5. The van der Waals surface area contributed by atoms with Crippen molar-refractivity contribution < 1.29 is 14.3 Å². The number of piperidine rings is 1. The summed E-state index contributed by atoms with van der Waals surface area (Å²) in [6.07, 6.45) is 1.27. The highest BCUT2D eigenvalue weighted by atomic mass is 35.5. The van der Waals surface area contributed by atoms with Crippen LogP contribution in [0.4, 0.5) is 5.69 Å². The minimum absolute atomic E-state index is 0.0125. The van der Waals surface area contributed by atoms with Crippen molar-refractivity contribution in [2.45, 2.75) is 18.4 Å². The van der Waals surface area contributed by atoms with Gasteiger partial charge in [0.05, 0.1) is 12.1 Å². The summed E-state index contributed by atoms with van der Waals surface area (Å²) in [5.74, 6) is 0.526. The van der Waals surface area contributed by atoms with Crippen LogP contribution in [0.1, 0.15) is 33.6 Å². The van der Waals surface area contributed by atoms with Crippen LogP contribution >= 0.6 is 11.6 Å². The number of likely N-dealkylation sites (tertiary alicyclic amines) is 1. The van der Waals surface area contributed by atoms with Gasteiger partial charge >= 0.3 is 0 Å². The summed E-state index contributed by atoms with van der Waals surface area (Å²) in [4.78, 5) is 30.0. The molecule has 162 valence electrons. The van der Waals surface area contributed by atoms with E-state index in [1.165, 1.54) is 0 Å². The normalized spacial score (nSPS) is 17.5. The largest absolute Gasteiger partial charge is 0.484 e. The molecule has 2 heterocycles. The molecule has 2 aliphatic heterocycles. The predicted octanol–water partition coefficient (Wildman–Crippen LogP) is 5.05. The lowest BCUT2D eigenvalue weighted by molar-refractivity contribution is 0.0112. The highest BCUT2D eigenvalue weighted by Crippen LogP contribution is 2.37. The average molecular weight is 447 g/mol. The van der Waals surface area contributed by atoms with Crippen LogP contribution in [-0.4, -0.2) is 41.9 Å². The van der Waals surface area contributed by atoms with E-state index in [9.17, 15) is 9.59 Å². The van der Waals surface area contributed by atoms with Crippen molar-refractivity contribution in [2.75, 3.05) is 24.5 Å². The van der Waals surface area contributed by atoms with Crippen molar-refractivity contribution >= 4 is 29.1 Å². The van der Waals surface area contributed by atoms with Gasteiger partial charge in [-0.05, 0) is 48.5 Å². The Balaban J connectivity index is 1.42. The number of halogens is 1. The fourth-order valence-corrected chi connectivity index (χ4v) is 4.60. The average Bonchev–Trinajstić information content (AvgIpc) is 2.95. The van der Waals surface area contributed by atoms with Gasteiger partial charge in [-0.15, -0.1) is 0 Å². The zero-order valence-corrected chi connectivity index (χ0v) is 18.3. The molecule has 0 atom stereocenters.